The number of halogens is 1. The second-order valence-electron chi connectivity index (χ2n) is 8.60. The molecule has 0 amide bonds. The van der Waals surface area contributed by atoms with E-state index in [1.165, 1.54) is 27.7 Å². The molecule has 1 aliphatic heterocycles. The number of carbonyl (C=O) groups is 4. The fourth-order valence-electron chi connectivity index (χ4n) is 4.03. The van der Waals surface area contributed by atoms with Crippen molar-refractivity contribution >= 4 is 47.2 Å². The molecule has 0 radical (unpaired) electrons. The molecule has 2 aromatic rings. The summed E-state index contributed by atoms with van der Waals surface area (Å²) in [6.45, 7) is 4.68. The van der Waals surface area contributed by atoms with E-state index >= 15 is 0 Å². The van der Waals surface area contributed by atoms with Crippen molar-refractivity contribution in [2.45, 2.75) is 63.1 Å². The number of esters is 4. The van der Waals surface area contributed by atoms with Gasteiger partial charge in [0.2, 0.25) is 0 Å². The van der Waals surface area contributed by atoms with Gasteiger partial charge in [0.15, 0.2) is 23.7 Å². The second-order valence-corrected chi connectivity index (χ2v) is 10.4. The van der Waals surface area contributed by atoms with E-state index in [0.717, 1.165) is 22.9 Å². The van der Waals surface area contributed by atoms with Gasteiger partial charge >= 0.3 is 23.9 Å². The Morgan fingerprint density at radius 3 is 2.00 bits per heavy atom. The molecule has 0 saturated carbocycles. The van der Waals surface area contributed by atoms with Crippen molar-refractivity contribution in [2.75, 3.05) is 6.61 Å². The predicted octanol–water partition coefficient (Wildman–Crippen LogP) is 4.11. The second kappa shape index (κ2) is 13.5. The first-order valence-electron chi connectivity index (χ1n) is 11.8. The number of rotatable bonds is 9. The highest BCUT2D eigenvalue weighted by atomic mass is 35.5. The fourth-order valence-corrected chi connectivity index (χ4v) is 5.60. The lowest BCUT2D eigenvalue weighted by Crippen LogP contribution is -2.59. The van der Waals surface area contributed by atoms with Crippen LogP contribution in [0.25, 0.3) is 0 Å². The maximum atomic E-state index is 12.1. The Morgan fingerprint density at radius 2 is 1.39 bits per heavy atom. The number of hydrogen-bond acceptors (Lipinski definition) is 10. The van der Waals surface area contributed by atoms with E-state index in [1.807, 2.05) is 30.3 Å². The molecule has 2 aromatic carbocycles. The van der Waals surface area contributed by atoms with Crippen LogP contribution < -0.4 is 4.74 Å². The lowest BCUT2D eigenvalue weighted by Gasteiger charge is -2.43. The molecule has 11 heteroatoms. The summed E-state index contributed by atoms with van der Waals surface area (Å²) in [5.41, 5.74) is 0.868. The van der Waals surface area contributed by atoms with E-state index in [1.54, 1.807) is 18.2 Å². The van der Waals surface area contributed by atoms with Crippen molar-refractivity contribution in [3.05, 3.63) is 64.7 Å². The van der Waals surface area contributed by atoms with Gasteiger partial charge in [-0.1, -0.05) is 41.9 Å². The minimum atomic E-state index is -1.23. The summed E-state index contributed by atoms with van der Waals surface area (Å²) in [4.78, 5) is 47.7. The molecule has 1 saturated heterocycles. The highest BCUT2D eigenvalue weighted by Crippen LogP contribution is 2.40. The number of carbonyl (C=O) groups excluding carboxylic acids is 4. The van der Waals surface area contributed by atoms with E-state index in [-0.39, 0.29) is 6.61 Å². The topological polar surface area (TPSA) is 114 Å². The molecule has 5 atom stereocenters. The van der Waals surface area contributed by atoms with Crippen LogP contribution in [0.4, 0.5) is 0 Å². The van der Waals surface area contributed by atoms with Crippen LogP contribution >= 0.6 is 23.4 Å². The molecule has 0 bridgehead atoms. The maximum absolute atomic E-state index is 12.1. The van der Waals surface area contributed by atoms with Crippen molar-refractivity contribution in [3.8, 4) is 5.75 Å². The Morgan fingerprint density at radius 1 is 0.789 bits per heavy atom. The van der Waals surface area contributed by atoms with Gasteiger partial charge in [0.25, 0.3) is 0 Å². The van der Waals surface area contributed by atoms with Crippen LogP contribution in [0, 0.1) is 0 Å². The molecular formula is C27H29ClO9S. The zero-order valence-corrected chi connectivity index (χ0v) is 23.0. The van der Waals surface area contributed by atoms with Crippen LogP contribution in [-0.2, 0) is 44.5 Å². The zero-order chi connectivity index (χ0) is 27.8. The molecule has 204 valence electrons. The molecule has 0 spiro atoms. The first-order valence-corrected chi connectivity index (χ1v) is 13.1. The largest absolute Gasteiger partial charge is 0.475 e. The molecule has 1 fully saturated rings. The molecule has 0 aromatic heterocycles. The Balaban J connectivity index is 2.02. The maximum Gasteiger partial charge on any atom is 0.303 e. The third-order valence-electron chi connectivity index (χ3n) is 5.45. The highest BCUT2D eigenvalue weighted by Gasteiger charge is 2.53. The summed E-state index contributed by atoms with van der Waals surface area (Å²) in [6.07, 6.45) is -2.96. The first-order chi connectivity index (χ1) is 18.0. The smallest absolute Gasteiger partial charge is 0.303 e. The quantitative estimate of drug-likeness (QED) is 0.325. The molecule has 1 aliphatic rings. The standard InChI is InChI=1S/C27H29ClO9S/c1-15(29)33-14-23-24(34-16(2)30)25(35-17(3)31)26(36-18(4)32)27(38-23)37-22-11-10-21(28)13-20(22)12-19-8-6-5-7-9-19/h5-11,13,23-27H,12,14H2,1-4H3/t23-,24-,25+,26-,27?/m1/s1. The van der Waals surface area contributed by atoms with Crippen molar-refractivity contribution in [1.82, 2.24) is 0 Å². The number of thioether (sulfide) groups is 1. The van der Waals surface area contributed by atoms with Crippen molar-refractivity contribution in [1.29, 1.82) is 0 Å². The van der Waals surface area contributed by atoms with E-state index in [4.69, 9.17) is 35.3 Å². The zero-order valence-electron chi connectivity index (χ0n) is 21.4. The van der Waals surface area contributed by atoms with Gasteiger partial charge in [-0.05, 0) is 23.8 Å². The summed E-state index contributed by atoms with van der Waals surface area (Å²) in [5.74, 6) is -2.06. The van der Waals surface area contributed by atoms with E-state index in [9.17, 15) is 19.2 Å². The fraction of sp³-hybridized carbons (Fsp3) is 0.407. The normalized spacial score (nSPS) is 22.6. The van der Waals surface area contributed by atoms with Crippen molar-refractivity contribution < 1.29 is 42.9 Å². The first kappa shape index (κ1) is 29.3. The van der Waals surface area contributed by atoms with Crippen LogP contribution in [0.3, 0.4) is 0 Å². The monoisotopic (exact) mass is 564 g/mol. The van der Waals surface area contributed by atoms with Gasteiger partial charge in [0.1, 0.15) is 12.4 Å². The highest BCUT2D eigenvalue weighted by molar-refractivity contribution is 8.00. The van der Waals surface area contributed by atoms with Gasteiger partial charge in [-0.25, -0.2) is 0 Å². The molecule has 0 N–H and O–H groups in total. The number of hydrogen-bond donors (Lipinski definition) is 0. The number of ether oxygens (including phenoxy) is 5. The van der Waals surface area contributed by atoms with E-state index in [0.29, 0.717) is 17.2 Å². The van der Waals surface area contributed by atoms with Gasteiger partial charge in [0.05, 0.1) is 5.25 Å². The SMILES string of the molecule is CC(=O)OC[C@H]1SC(Oc2ccc(Cl)cc2Cc2ccccc2)[C@H](OC(C)=O)[C@@H](OC(C)=O)[C@@H]1OC(C)=O. The van der Waals surface area contributed by atoms with Gasteiger partial charge in [-0.15, -0.1) is 11.8 Å². The van der Waals surface area contributed by atoms with Gasteiger partial charge in [-0.3, -0.25) is 19.2 Å². The Bertz CT molecular complexity index is 1160. The van der Waals surface area contributed by atoms with E-state index < -0.39 is 52.9 Å². The minimum Gasteiger partial charge on any atom is -0.475 e. The summed E-state index contributed by atoms with van der Waals surface area (Å²) in [6, 6.07) is 14.8. The lowest BCUT2D eigenvalue weighted by molar-refractivity contribution is -0.190. The molecule has 1 unspecified atom stereocenters. The van der Waals surface area contributed by atoms with Gasteiger partial charge in [-0.2, -0.15) is 0 Å². The molecule has 38 heavy (non-hydrogen) atoms. The third-order valence-corrected chi connectivity index (χ3v) is 7.07. The Kier molecular flexibility index (Phi) is 10.4. The Hall–Kier alpha value is -3.24. The summed E-state index contributed by atoms with van der Waals surface area (Å²) < 4.78 is 28.2. The molecule has 0 aliphatic carbocycles. The summed E-state index contributed by atoms with van der Waals surface area (Å²) >= 11 is 7.42. The van der Waals surface area contributed by atoms with E-state index in [2.05, 4.69) is 0 Å². The third kappa shape index (κ3) is 8.39. The Labute approximate surface area is 230 Å². The van der Waals surface area contributed by atoms with Crippen LogP contribution in [0.1, 0.15) is 38.8 Å². The van der Waals surface area contributed by atoms with Gasteiger partial charge in [0, 0.05) is 44.7 Å². The van der Waals surface area contributed by atoms with Gasteiger partial charge < -0.3 is 23.7 Å². The molecule has 3 rings (SSSR count). The van der Waals surface area contributed by atoms with Crippen LogP contribution in [0.2, 0.25) is 5.02 Å². The van der Waals surface area contributed by atoms with Crippen molar-refractivity contribution in [3.63, 3.8) is 0 Å². The van der Waals surface area contributed by atoms with Crippen LogP contribution in [0.5, 0.6) is 5.75 Å². The summed E-state index contributed by atoms with van der Waals surface area (Å²) in [5, 5.41) is -0.189. The van der Waals surface area contributed by atoms with Crippen LogP contribution in [-0.4, -0.2) is 59.5 Å². The average molecular weight is 565 g/mol. The lowest BCUT2D eigenvalue weighted by atomic mass is 10.0. The molecule has 9 nitrogen and oxygen atoms in total. The minimum absolute atomic E-state index is 0.167. The predicted molar refractivity (Wildman–Crippen MR) is 140 cm³/mol. The van der Waals surface area contributed by atoms with Crippen LogP contribution in [0.15, 0.2) is 48.5 Å². The average Bonchev–Trinajstić information content (AvgIpc) is 2.83. The molecule has 1 heterocycles. The number of benzene rings is 2. The van der Waals surface area contributed by atoms with Crippen molar-refractivity contribution in [2.24, 2.45) is 0 Å². The molecular weight excluding hydrogens is 536 g/mol. The summed E-state index contributed by atoms with van der Waals surface area (Å²) in [7, 11) is 0.